The third-order valence-corrected chi connectivity index (χ3v) is 1.39. The third kappa shape index (κ3) is 2.58. The van der Waals surface area contributed by atoms with E-state index in [4.69, 9.17) is 4.74 Å². The van der Waals surface area contributed by atoms with Crippen LogP contribution in [0.3, 0.4) is 0 Å². The first-order chi connectivity index (χ1) is 5.70. The second kappa shape index (κ2) is 4.16. The zero-order valence-corrected chi connectivity index (χ0v) is 7.25. The summed E-state index contributed by atoms with van der Waals surface area (Å²) in [4.78, 5) is 3.85. The number of nitrogens with zero attached hydrogens (tertiary/aromatic N) is 1. The molecule has 1 heterocycles. The van der Waals surface area contributed by atoms with Gasteiger partial charge in [-0.05, 0) is 26.0 Å². The first-order valence-electron chi connectivity index (χ1n) is 3.91. The van der Waals surface area contributed by atoms with Gasteiger partial charge in [0.15, 0.2) is 0 Å². The van der Waals surface area contributed by atoms with Crippen LogP contribution < -0.4 is 0 Å². The SMILES string of the molecule is CC(C)OCc1ncccc1F. The quantitative estimate of drug-likeness (QED) is 0.691. The minimum Gasteiger partial charge on any atom is -0.372 e. The molecule has 0 saturated carbocycles. The third-order valence-electron chi connectivity index (χ3n) is 1.39. The zero-order valence-electron chi connectivity index (χ0n) is 7.25. The van der Waals surface area contributed by atoms with Gasteiger partial charge in [0.1, 0.15) is 11.5 Å². The molecule has 0 saturated heterocycles. The van der Waals surface area contributed by atoms with Crippen molar-refractivity contribution >= 4 is 0 Å². The van der Waals surface area contributed by atoms with Gasteiger partial charge in [-0.2, -0.15) is 0 Å². The summed E-state index contributed by atoms with van der Waals surface area (Å²) in [6.45, 7) is 4.05. The summed E-state index contributed by atoms with van der Waals surface area (Å²) in [7, 11) is 0. The van der Waals surface area contributed by atoms with E-state index < -0.39 is 0 Å². The van der Waals surface area contributed by atoms with Gasteiger partial charge in [0.05, 0.1) is 12.7 Å². The van der Waals surface area contributed by atoms with Crippen molar-refractivity contribution in [2.24, 2.45) is 0 Å². The minimum absolute atomic E-state index is 0.103. The molecule has 0 aromatic carbocycles. The van der Waals surface area contributed by atoms with Gasteiger partial charge in [0.2, 0.25) is 0 Å². The van der Waals surface area contributed by atoms with Gasteiger partial charge < -0.3 is 4.74 Å². The molecule has 0 N–H and O–H groups in total. The number of hydrogen-bond acceptors (Lipinski definition) is 2. The number of halogens is 1. The van der Waals surface area contributed by atoms with E-state index in [0.717, 1.165) is 0 Å². The van der Waals surface area contributed by atoms with Crippen molar-refractivity contribution in [3.8, 4) is 0 Å². The molecule has 0 aliphatic rings. The average molecular weight is 169 g/mol. The monoisotopic (exact) mass is 169 g/mol. The molecule has 1 aromatic heterocycles. The summed E-state index contributed by atoms with van der Waals surface area (Å²) in [5, 5.41) is 0. The summed E-state index contributed by atoms with van der Waals surface area (Å²) in [6.07, 6.45) is 1.66. The predicted octanol–water partition coefficient (Wildman–Crippen LogP) is 2.15. The second-order valence-electron chi connectivity index (χ2n) is 2.79. The molecule has 12 heavy (non-hydrogen) atoms. The number of ether oxygens (including phenoxy) is 1. The summed E-state index contributed by atoms with van der Waals surface area (Å²) in [5.41, 5.74) is 0.367. The van der Waals surface area contributed by atoms with Gasteiger partial charge in [-0.25, -0.2) is 4.39 Å². The minimum atomic E-state index is -0.307. The van der Waals surface area contributed by atoms with E-state index in [1.54, 1.807) is 12.3 Å². The van der Waals surface area contributed by atoms with E-state index in [1.165, 1.54) is 6.07 Å². The summed E-state index contributed by atoms with van der Waals surface area (Å²) >= 11 is 0. The topological polar surface area (TPSA) is 22.1 Å². The first kappa shape index (κ1) is 9.13. The molecule has 0 bridgehead atoms. The highest BCUT2D eigenvalue weighted by Gasteiger charge is 2.02. The molecule has 0 aliphatic carbocycles. The number of aromatic nitrogens is 1. The van der Waals surface area contributed by atoms with Gasteiger partial charge in [0, 0.05) is 6.20 Å². The Hall–Kier alpha value is -0.960. The molecule has 0 spiro atoms. The van der Waals surface area contributed by atoms with Crippen molar-refractivity contribution in [3.05, 3.63) is 29.8 Å². The Kier molecular flexibility index (Phi) is 3.17. The van der Waals surface area contributed by atoms with Crippen LogP contribution in [0, 0.1) is 5.82 Å². The molecule has 1 aromatic rings. The van der Waals surface area contributed by atoms with Crippen molar-refractivity contribution in [2.75, 3.05) is 0 Å². The Balaban J connectivity index is 2.57. The molecule has 0 radical (unpaired) electrons. The smallest absolute Gasteiger partial charge is 0.147 e. The normalized spacial score (nSPS) is 10.7. The number of hydrogen-bond donors (Lipinski definition) is 0. The summed E-state index contributed by atoms with van der Waals surface area (Å²) < 4.78 is 18.1. The molecule has 3 heteroatoms. The maximum Gasteiger partial charge on any atom is 0.147 e. The van der Waals surface area contributed by atoms with Crippen molar-refractivity contribution < 1.29 is 9.13 Å². The van der Waals surface area contributed by atoms with Crippen LogP contribution in [0.25, 0.3) is 0 Å². The highest BCUT2D eigenvalue weighted by atomic mass is 19.1. The molecule has 2 nitrogen and oxygen atoms in total. The largest absolute Gasteiger partial charge is 0.372 e. The van der Waals surface area contributed by atoms with Crippen LogP contribution in [0.5, 0.6) is 0 Å². The van der Waals surface area contributed by atoms with E-state index >= 15 is 0 Å². The molecular weight excluding hydrogens is 157 g/mol. The molecule has 0 unspecified atom stereocenters. The van der Waals surface area contributed by atoms with Crippen molar-refractivity contribution in [1.82, 2.24) is 4.98 Å². The molecule has 0 atom stereocenters. The number of pyridine rings is 1. The Morgan fingerprint density at radius 1 is 1.58 bits per heavy atom. The lowest BCUT2D eigenvalue weighted by molar-refractivity contribution is 0.0616. The molecular formula is C9H12FNO. The fourth-order valence-corrected chi connectivity index (χ4v) is 0.770. The van der Waals surface area contributed by atoms with E-state index in [9.17, 15) is 4.39 Å². The highest BCUT2D eigenvalue weighted by molar-refractivity contribution is 5.05. The van der Waals surface area contributed by atoms with Crippen LogP contribution in [0.15, 0.2) is 18.3 Å². The van der Waals surface area contributed by atoms with E-state index in [1.807, 2.05) is 13.8 Å². The lowest BCUT2D eigenvalue weighted by Crippen LogP contribution is -2.05. The predicted molar refractivity (Wildman–Crippen MR) is 44.1 cm³/mol. The second-order valence-corrected chi connectivity index (χ2v) is 2.79. The lowest BCUT2D eigenvalue weighted by atomic mass is 10.3. The van der Waals surface area contributed by atoms with Crippen LogP contribution >= 0.6 is 0 Å². The Bertz CT molecular complexity index is 250. The van der Waals surface area contributed by atoms with Gasteiger partial charge in [-0.3, -0.25) is 4.98 Å². The summed E-state index contributed by atoms with van der Waals surface area (Å²) in [5.74, 6) is -0.307. The van der Waals surface area contributed by atoms with Crippen LogP contribution in [-0.4, -0.2) is 11.1 Å². The maximum atomic E-state index is 12.9. The average Bonchev–Trinajstić information content (AvgIpc) is 2.03. The Morgan fingerprint density at radius 2 is 2.33 bits per heavy atom. The van der Waals surface area contributed by atoms with Crippen LogP contribution in [0.2, 0.25) is 0 Å². The standard InChI is InChI=1S/C9H12FNO/c1-7(2)12-6-9-8(10)4-3-5-11-9/h3-5,7H,6H2,1-2H3. The van der Waals surface area contributed by atoms with E-state index in [0.29, 0.717) is 5.69 Å². The molecule has 0 fully saturated rings. The molecule has 1 rings (SSSR count). The van der Waals surface area contributed by atoms with Crippen molar-refractivity contribution in [2.45, 2.75) is 26.6 Å². The van der Waals surface area contributed by atoms with Gasteiger partial charge in [0.25, 0.3) is 0 Å². The first-order valence-corrected chi connectivity index (χ1v) is 3.91. The van der Waals surface area contributed by atoms with E-state index in [2.05, 4.69) is 4.98 Å². The Labute approximate surface area is 71.4 Å². The fraction of sp³-hybridized carbons (Fsp3) is 0.444. The summed E-state index contributed by atoms with van der Waals surface area (Å²) in [6, 6.07) is 2.94. The molecule has 0 amide bonds. The van der Waals surface area contributed by atoms with Crippen molar-refractivity contribution in [3.63, 3.8) is 0 Å². The molecule has 66 valence electrons. The highest BCUT2D eigenvalue weighted by Crippen LogP contribution is 2.05. The maximum absolute atomic E-state index is 12.9. The Morgan fingerprint density at radius 3 is 2.92 bits per heavy atom. The zero-order chi connectivity index (χ0) is 8.97. The number of rotatable bonds is 3. The van der Waals surface area contributed by atoms with Gasteiger partial charge in [-0.15, -0.1) is 0 Å². The van der Waals surface area contributed by atoms with Gasteiger partial charge >= 0.3 is 0 Å². The lowest BCUT2D eigenvalue weighted by Gasteiger charge is -2.06. The fourth-order valence-electron chi connectivity index (χ4n) is 0.770. The molecule has 0 aliphatic heterocycles. The van der Waals surface area contributed by atoms with Crippen LogP contribution in [0.1, 0.15) is 19.5 Å². The van der Waals surface area contributed by atoms with Crippen LogP contribution in [0.4, 0.5) is 4.39 Å². The van der Waals surface area contributed by atoms with E-state index in [-0.39, 0.29) is 18.5 Å². The van der Waals surface area contributed by atoms with Gasteiger partial charge in [-0.1, -0.05) is 0 Å². The van der Waals surface area contributed by atoms with Crippen molar-refractivity contribution in [1.29, 1.82) is 0 Å². The van der Waals surface area contributed by atoms with Crippen LogP contribution in [-0.2, 0) is 11.3 Å².